The highest BCUT2D eigenvalue weighted by atomic mass is 15.0. The van der Waals surface area contributed by atoms with E-state index < -0.39 is 0 Å². The van der Waals surface area contributed by atoms with Crippen molar-refractivity contribution < 1.29 is 0 Å². The molecule has 0 fully saturated rings. The molecule has 2 heterocycles. The van der Waals surface area contributed by atoms with Crippen LogP contribution in [0.25, 0.3) is 88.4 Å². The van der Waals surface area contributed by atoms with Crippen LogP contribution in [-0.2, 0) is 5.41 Å². The van der Waals surface area contributed by atoms with Gasteiger partial charge in [0.15, 0.2) is 0 Å². The van der Waals surface area contributed by atoms with Crippen molar-refractivity contribution in [3.8, 4) is 44.8 Å². The van der Waals surface area contributed by atoms with Crippen LogP contribution in [0.2, 0.25) is 0 Å². The molecule has 272 valence electrons. The van der Waals surface area contributed by atoms with Gasteiger partial charge < -0.3 is 9.13 Å². The van der Waals surface area contributed by atoms with Crippen LogP contribution in [-0.4, -0.2) is 9.13 Å². The summed E-state index contributed by atoms with van der Waals surface area (Å²) in [5, 5.41) is 5.08. The van der Waals surface area contributed by atoms with Crippen molar-refractivity contribution in [3.05, 3.63) is 229 Å². The van der Waals surface area contributed by atoms with Gasteiger partial charge in [0.05, 0.1) is 22.1 Å². The fraction of sp³-hybridized carbons (Fsp3) is 0.0357. The van der Waals surface area contributed by atoms with Gasteiger partial charge in [0, 0.05) is 38.3 Å². The van der Waals surface area contributed by atoms with Gasteiger partial charge in [0.2, 0.25) is 0 Å². The number of rotatable bonds is 5. The van der Waals surface area contributed by atoms with Crippen molar-refractivity contribution in [2.45, 2.75) is 12.3 Å². The Morgan fingerprint density at radius 2 is 0.810 bits per heavy atom. The van der Waals surface area contributed by atoms with E-state index in [2.05, 4.69) is 228 Å². The number of para-hydroxylation sites is 4. The molecule has 2 nitrogen and oxygen atoms in total. The summed E-state index contributed by atoms with van der Waals surface area (Å²) in [5.41, 5.74) is 18.4. The smallest absolute Gasteiger partial charge is 0.0541 e. The van der Waals surface area contributed by atoms with E-state index in [4.69, 9.17) is 0 Å². The van der Waals surface area contributed by atoms with Crippen LogP contribution >= 0.6 is 0 Å². The molecule has 1 aliphatic carbocycles. The summed E-state index contributed by atoms with van der Waals surface area (Å²) < 4.78 is 4.78. The van der Waals surface area contributed by atoms with Crippen LogP contribution in [0.3, 0.4) is 0 Å². The largest absolute Gasteiger partial charge is 0.309 e. The van der Waals surface area contributed by atoms with Crippen molar-refractivity contribution in [2.24, 2.45) is 0 Å². The Morgan fingerprint density at radius 3 is 1.55 bits per heavy atom. The fourth-order valence-electron chi connectivity index (χ4n) is 10.0. The number of fused-ring (bicyclic) bond motifs is 9. The lowest BCUT2D eigenvalue weighted by Gasteiger charge is -2.29. The zero-order chi connectivity index (χ0) is 38.4. The lowest BCUT2D eigenvalue weighted by atomic mass is 9.73. The highest BCUT2D eigenvalue weighted by Crippen LogP contribution is 2.53. The molecule has 2 aromatic heterocycles. The van der Waals surface area contributed by atoms with Crippen LogP contribution in [0.1, 0.15) is 23.6 Å². The maximum Gasteiger partial charge on any atom is 0.0541 e. The molecule has 0 saturated carbocycles. The minimum absolute atomic E-state index is 0.321. The van der Waals surface area contributed by atoms with Crippen molar-refractivity contribution in [3.63, 3.8) is 0 Å². The second-order valence-electron chi connectivity index (χ2n) is 15.9. The van der Waals surface area contributed by atoms with Gasteiger partial charge in [-0.3, -0.25) is 0 Å². The van der Waals surface area contributed by atoms with E-state index in [0.717, 1.165) is 0 Å². The first-order valence-corrected chi connectivity index (χ1v) is 20.2. The van der Waals surface area contributed by atoms with Gasteiger partial charge in [0.25, 0.3) is 0 Å². The third kappa shape index (κ3) is 4.72. The lowest BCUT2D eigenvalue weighted by Crippen LogP contribution is -2.22. The third-order valence-electron chi connectivity index (χ3n) is 12.8. The van der Waals surface area contributed by atoms with E-state index in [0.29, 0.717) is 0 Å². The average molecular weight is 739 g/mol. The molecule has 2 heteroatoms. The second-order valence-corrected chi connectivity index (χ2v) is 15.9. The predicted molar refractivity (Wildman–Crippen MR) is 243 cm³/mol. The van der Waals surface area contributed by atoms with Crippen LogP contribution in [0, 0.1) is 0 Å². The zero-order valence-electron chi connectivity index (χ0n) is 32.1. The number of hydrogen-bond donors (Lipinski definition) is 0. The molecule has 0 aliphatic heterocycles. The van der Waals surface area contributed by atoms with E-state index in [1.54, 1.807) is 0 Å². The van der Waals surface area contributed by atoms with E-state index in [-0.39, 0.29) is 5.41 Å². The molecule has 9 aromatic carbocycles. The van der Waals surface area contributed by atoms with Gasteiger partial charge >= 0.3 is 0 Å². The first-order chi connectivity index (χ1) is 28.6. The highest BCUT2D eigenvalue weighted by molar-refractivity contribution is 6.11. The fourth-order valence-corrected chi connectivity index (χ4v) is 10.0. The van der Waals surface area contributed by atoms with Gasteiger partial charge in [-0.2, -0.15) is 0 Å². The summed E-state index contributed by atoms with van der Waals surface area (Å²) in [6.45, 7) is 2.41. The topological polar surface area (TPSA) is 9.86 Å². The number of hydrogen-bond acceptors (Lipinski definition) is 0. The molecule has 11 aromatic rings. The van der Waals surface area contributed by atoms with Crippen molar-refractivity contribution in [1.82, 2.24) is 9.13 Å². The maximum absolute atomic E-state index is 2.43. The molecule has 1 unspecified atom stereocenters. The minimum Gasteiger partial charge on any atom is -0.309 e. The second kappa shape index (κ2) is 12.5. The zero-order valence-corrected chi connectivity index (χ0v) is 32.1. The molecule has 0 spiro atoms. The quantitative estimate of drug-likeness (QED) is 0.166. The van der Waals surface area contributed by atoms with Crippen LogP contribution in [0.5, 0.6) is 0 Å². The SMILES string of the molecule is CC1(c2cccc(-c3cccc(-n4c5ccccc5c5ccccc54)c3)c2)c2ccccc2-c2cc(-c3ccc4c(c3)c3ccccc3n4-c3ccccc3)ccc21. The summed E-state index contributed by atoms with van der Waals surface area (Å²) in [7, 11) is 0. The Bertz CT molecular complexity index is 3360. The summed E-state index contributed by atoms with van der Waals surface area (Å²) in [6.07, 6.45) is 0. The number of aromatic nitrogens is 2. The first kappa shape index (κ1) is 32.8. The Morgan fingerprint density at radius 1 is 0.310 bits per heavy atom. The van der Waals surface area contributed by atoms with Crippen LogP contribution in [0.4, 0.5) is 0 Å². The van der Waals surface area contributed by atoms with Gasteiger partial charge in [-0.15, -0.1) is 0 Å². The van der Waals surface area contributed by atoms with E-state index in [9.17, 15) is 0 Å². The Balaban J connectivity index is 0.965. The van der Waals surface area contributed by atoms with Crippen molar-refractivity contribution in [2.75, 3.05) is 0 Å². The first-order valence-electron chi connectivity index (χ1n) is 20.2. The molecule has 0 amide bonds. The minimum atomic E-state index is -0.321. The number of benzene rings is 9. The molecule has 1 aliphatic rings. The van der Waals surface area contributed by atoms with E-state index in [1.807, 2.05) is 0 Å². The van der Waals surface area contributed by atoms with Crippen molar-refractivity contribution in [1.29, 1.82) is 0 Å². The monoisotopic (exact) mass is 738 g/mol. The van der Waals surface area contributed by atoms with E-state index in [1.165, 1.54) is 105 Å². The molecule has 0 radical (unpaired) electrons. The molecule has 0 N–H and O–H groups in total. The lowest BCUT2D eigenvalue weighted by molar-refractivity contribution is 0.714. The molecule has 12 rings (SSSR count). The van der Waals surface area contributed by atoms with Gasteiger partial charge in [-0.1, -0.05) is 146 Å². The maximum atomic E-state index is 2.43. The predicted octanol–water partition coefficient (Wildman–Crippen LogP) is 14.5. The summed E-state index contributed by atoms with van der Waals surface area (Å²) in [5.74, 6) is 0. The molecular weight excluding hydrogens is 701 g/mol. The number of nitrogens with zero attached hydrogens (tertiary/aromatic N) is 2. The highest BCUT2D eigenvalue weighted by Gasteiger charge is 2.41. The normalized spacial score (nSPS) is 14.7. The molecule has 0 bridgehead atoms. The van der Waals surface area contributed by atoms with Gasteiger partial charge in [-0.05, 0) is 124 Å². The van der Waals surface area contributed by atoms with Crippen molar-refractivity contribution >= 4 is 43.6 Å². The molecule has 0 saturated heterocycles. The third-order valence-corrected chi connectivity index (χ3v) is 12.8. The Hall–Kier alpha value is -7.42. The van der Waals surface area contributed by atoms with Gasteiger partial charge in [0.1, 0.15) is 0 Å². The van der Waals surface area contributed by atoms with Crippen LogP contribution < -0.4 is 0 Å². The molecular formula is C56H38N2. The Labute approximate surface area is 337 Å². The Kier molecular flexibility index (Phi) is 7.09. The summed E-state index contributed by atoms with van der Waals surface area (Å²) in [6, 6.07) is 78.3. The standard InChI is InChI=1S/C56H38N2/c1-56(41-17-13-15-37(33-41)38-16-14-20-43(34-38)58-52-26-10-6-22-45(52)46-23-7-11-27-53(46)58)50-25-9-5-21-44(50)48-35-39(29-31-51(48)56)40-30-32-55-49(36-40)47-24-8-12-28-54(47)57(55)42-18-3-2-4-19-42/h2-36H,1H3. The van der Waals surface area contributed by atoms with Crippen LogP contribution in [0.15, 0.2) is 212 Å². The van der Waals surface area contributed by atoms with Gasteiger partial charge in [-0.25, -0.2) is 0 Å². The molecule has 58 heavy (non-hydrogen) atoms. The molecule has 1 atom stereocenters. The average Bonchev–Trinajstić information content (AvgIpc) is 3.90. The summed E-state index contributed by atoms with van der Waals surface area (Å²) in [4.78, 5) is 0. The van der Waals surface area contributed by atoms with E-state index >= 15 is 0 Å². The summed E-state index contributed by atoms with van der Waals surface area (Å²) >= 11 is 0.